The summed E-state index contributed by atoms with van der Waals surface area (Å²) in [5, 5.41) is 4.91. The number of amides is 1. The fourth-order valence-electron chi connectivity index (χ4n) is 4.04. The first-order valence-corrected chi connectivity index (χ1v) is 12.9. The summed E-state index contributed by atoms with van der Waals surface area (Å²) < 4.78 is 23.6. The van der Waals surface area contributed by atoms with Gasteiger partial charge in [-0.3, -0.25) is 4.79 Å². The van der Waals surface area contributed by atoms with Crippen molar-refractivity contribution in [2.45, 2.75) is 19.3 Å². The molecule has 0 spiro atoms. The van der Waals surface area contributed by atoms with Crippen molar-refractivity contribution >= 4 is 34.1 Å². The van der Waals surface area contributed by atoms with Crippen LogP contribution < -0.4 is 14.8 Å². The Bertz CT molecular complexity index is 1200. The van der Waals surface area contributed by atoms with Crippen LogP contribution in [0.5, 0.6) is 11.5 Å². The molecule has 2 heterocycles. The van der Waals surface area contributed by atoms with Gasteiger partial charge in [-0.15, -0.1) is 0 Å². The lowest BCUT2D eigenvalue weighted by molar-refractivity contribution is -0.226. The summed E-state index contributed by atoms with van der Waals surface area (Å²) in [5.74, 6) is 3.54. The summed E-state index contributed by atoms with van der Waals surface area (Å²) >= 11 is 1.89. The Morgan fingerprint density at radius 3 is 2.46 bits per heavy atom. The molecule has 0 aromatic heterocycles. The molecule has 1 amide bonds. The van der Waals surface area contributed by atoms with Crippen LogP contribution in [0.25, 0.3) is 10.8 Å². The fourth-order valence-corrected chi connectivity index (χ4v) is 4.60. The summed E-state index contributed by atoms with van der Waals surface area (Å²) in [5.41, 5.74) is 0.810. The minimum atomic E-state index is -0.819. The van der Waals surface area contributed by atoms with Crippen LogP contribution >= 0.6 is 11.8 Å². The lowest BCUT2D eigenvalue weighted by Crippen LogP contribution is -2.45. The first-order chi connectivity index (χ1) is 17.1. The third-order valence-corrected chi connectivity index (χ3v) is 7.42. The molecule has 35 heavy (non-hydrogen) atoms. The lowest BCUT2D eigenvalue weighted by atomic mass is 9.90. The zero-order valence-corrected chi connectivity index (χ0v) is 20.5. The second kappa shape index (κ2) is 10.3. The van der Waals surface area contributed by atoms with Gasteiger partial charge in [-0.25, -0.2) is 0 Å². The molecular weight excluding hydrogens is 462 g/mol. The zero-order chi connectivity index (χ0) is 24.3. The van der Waals surface area contributed by atoms with Crippen molar-refractivity contribution in [2.75, 3.05) is 36.6 Å². The van der Waals surface area contributed by atoms with Gasteiger partial charge in [0.25, 0.3) is 0 Å². The molecule has 0 bridgehead atoms. The van der Waals surface area contributed by atoms with Crippen LogP contribution in [0.3, 0.4) is 0 Å². The largest absolute Gasteiger partial charge is 0.489 e. The van der Waals surface area contributed by atoms with Gasteiger partial charge in [0.1, 0.15) is 24.2 Å². The standard InChI is InChI=1S/C28H29NO5S/c1-3-14-31-25-13-12-24(22-6-4-5-7-23(22)25)29-27(30)28(2)17-32-26(33-18-28)19-8-10-20(11-9-19)34-21-15-35-16-21/h3-13,21,26H,1,14-18H2,2H3,(H,29,30). The lowest BCUT2D eigenvalue weighted by Gasteiger charge is -2.36. The molecule has 3 aromatic rings. The molecule has 0 radical (unpaired) electrons. The van der Waals surface area contributed by atoms with E-state index in [1.54, 1.807) is 6.08 Å². The quantitative estimate of drug-likeness (QED) is 0.415. The van der Waals surface area contributed by atoms with E-state index in [4.69, 9.17) is 18.9 Å². The smallest absolute Gasteiger partial charge is 0.235 e. The third-order valence-electron chi connectivity index (χ3n) is 6.21. The minimum absolute atomic E-state index is 0.150. The maximum atomic E-state index is 13.3. The summed E-state index contributed by atoms with van der Waals surface area (Å²) in [6, 6.07) is 19.4. The van der Waals surface area contributed by atoms with Crippen LogP contribution in [0.1, 0.15) is 18.8 Å². The van der Waals surface area contributed by atoms with E-state index in [1.165, 1.54) is 0 Å². The van der Waals surface area contributed by atoms with E-state index < -0.39 is 11.7 Å². The second-order valence-corrected chi connectivity index (χ2v) is 10.1. The van der Waals surface area contributed by atoms with Crippen LogP contribution in [0.2, 0.25) is 0 Å². The molecule has 6 nitrogen and oxygen atoms in total. The van der Waals surface area contributed by atoms with Crippen molar-refractivity contribution in [1.29, 1.82) is 0 Å². The maximum Gasteiger partial charge on any atom is 0.235 e. The third kappa shape index (κ3) is 5.17. The van der Waals surface area contributed by atoms with Crippen LogP contribution in [0, 0.1) is 5.41 Å². The average Bonchev–Trinajstić information content (AvgIpc) is 2.86. The second-order valence-electron chi connectivity index (χ2n) is 9.07. The summed E-state index contributed by atoms with van der Waals surface area (Å²) in [4.78, 5) is 13.3. The number of hydrogen-bond donors (Lipinski definition) is 1. The van der Waals surface area contributed by atoms with Crippen molar-refractivity contribution in [3.8, 4) is 11.5 Å². The SMILES string of the molecule is C=CCOc1ccc(NC(=O)C2(C)COC(c3ccc(OC4CSC4)cc3)OC2)c2ccccc12. The molecule has 2 aliphatic heterocycles. The van der Waals surface area contributed by atoms with Crippen LogP contribution in [0.15, 0.2) is 73.3 Å². The molecule has 0 atom stereocenters. The average molecular weight is 492 g/mol. The van der Waals surface area contributed by atoms with E-state index in [0.717, 1.165) is 45.0 Å². The molecular formula is C28H29NO5S. The number of nitrogens with one attached hydrogen (secondary N) is 1. The summed E-state index contributed by atoms with van der Waals surface area (Å²) in [7, 11) is 0. The predicted octanol–water partition coefficient (Wildman–Crippen LogP) is 5.59. The Kier molecular flexibility index (Phi) is 7.00. The number of anilines is 1. The molecule has 0 aliphatic carbocycles. The van der Waals surface area contributed by atoms with Gasteiger partial charge < -0.3 is 24.3 Å². The maximum absolute atomic E-state index is 13.3. The molecule has 3 aromatic carbocycles. The molecule has 0 unspecified atom stereocenters. The number of fused-ring (bicyclic) bond motifs is 1. The molecule has 2 fully saturated rings. The van der Waals surface area contributed by atoms with E-state index in [2.05, 4.69) is 11.9 Å². The van der Waals surface area contributed by atoms with Crippen molar-refractivity contribution < 1.29 is 23.7 Å². The van der Waals surface area contributed by atoms with Crippen LogP contribution in [0.4, 0.5) is 5.69 Å². The predicted molar refractivity (Wildman–Crippen MR) is 139 cm³/mol. The molecule has 7 heteroatoms. The van der Waals surface area contributed by atoms with E-state index in [1.807, 2.05) is 79.3 Å². The number of rotatable bonds is 8. The zero-order valence-electron chi connectivity index (χ0n) is 19.7. The van der Waals surface area contributed by atoms with Gasteiger partial charge in [-0.2, -0.15) is 11.8 Å². The first kappa shape index (κ1) is 23.7. The Hall–Kier alpha value is -3.00. The fraction of sp³-hybridized carbons (Fsp3) is 0.321. The number of carbonyl (C=O) groups is 1. The number of thioether (sulfide) groups is 1. The van der Waals surface area contributed by atoms with Crippen LogP contribution in [-0.2, 0) is 14.3 Å². The molecule has 5 rings (SSSR count). The van der Waals surface area contributed by atoms with Crippen molar-refractivity contribution in [2.24, 2.45) is 5.41 Å². The number of carbonyl (C=O) groups excluding carboxylic acids is 1. The topological polar surface area (TPSA) is 66.0 Å². The highest BCUT2D eigenvalue weighted by Gasteiger charge is 2.40. The van der Waals surface area contributed by atoms with Gasteiger partial charge in [0.2, 0.25) is 5.91 Å². The Balaban J connectivity index is 1.23. The Morgan fingerprint density at radius 2 is 1.80 bits per heavy atom. The normalized spacial score (nSPS) is 22.3. The van der Waals surface area contributed by atoms with Gasteiger partial charge in [0.15, 0.2) is 6.29 Å². The van der Waals surface area contributed by atoms with Crippen molar-refractivity contribution in [3.05, 3.63) is 78.9 Å². The van der Waals surface area contributed by atoms with Crippen molar-refractivity contribution in [3.63, 3.8) is 0 Å². The Labute approximate surface area is 209 Å². The van der Waals surface area contributed by atoms with Gasteiger partial charge in [-0.1, -0.05) is 49.1 Å². The number of hydrogen-bond acceptors (Lipinski definition) is 6. The molecule has 2 aliphatic rings. The van der Waals surface area contributed by atoms with Gasteiger partial charge >= 0.3 is 0 Å². The highest BCUT2D eigenvalue weighted by Crippen LogP contribution is 2.36. The highest BCUT2D eigenvalue weighted by atomic mass is 32.2. The minimum Gasteiger partial charge on any atom is -0.489 e. The molecule has 2 saturated heterocycles. The monoisotopic (exact) mass is 491 g/mol. The van der Waals surface area contributed by atoms with Gasteiger partial charge in [0, 0.05) is 33.5 Å². The molecule has 0 saturated carbocycles. The summed E-state index contributed by atoms with van der Waals surface area (Å²) in [6.07, 6.45) is 1.50. The molecule has 1 N–H and O–H groups in total. The van der Waals surface area contributed by atoms with Crippen LogP contribution in [-0.4, -0.2) is 43.3 Å². The number of ether oxygens (including phenoxy) is 4. The number of benzene rings is 3. The van der Waals surface area contributed by atoms with E-state index >= 15 is 0 Å². The van der Waals surface area contributed by atoms with E-state index in [0.29, 0.717) is 12.7 Å². The van der Waals surface area contributed by atoms with E-state index in [9.17, 15) is 4.79 Å². The first-order valence-electron chi connectivity index (χ1n) is 11.7. The van der Waals surface area contributed by atoms with Gasteiger partial charge in [0.05, 0.1) is 18.6 Å². The highest BCUT2D eigenvalue weighted by molar-refractivity contribution is 8.00. The van der Waals surface area contributed by atoms with E-state index in [-0.39, 0.29) is 19.1 Å². The Morgan fingerprint density at radius 1 is 1.09 bits per heavy atom. The molecule has 182 valence electrons. The van der Waals surface area contributed by atoms with Gasteiger partial charge in [-0.05, 0) is 31.2 Å². The summed E-state index contributed by atoms with van der Waals surface area (Å²) in [6.45, 7) is 6.48. The van der Waals surface area contributed by atoms with Crippen molar-refractivity contribution in [1.82, 2.24) is 0 Å².